The van der Waals surface area contributed by atoms with Gasteiger partial charge in [0.25, 0.3) is 11.8 Å². The molecule has 12 atom stereocenters. The molecule has 86 heavy (non-hydrogen) atoms. The highest BCUT2D eigenvalue weighted by Gasteiger charge is 2.45. The molecule has 5 aliphatic rings. The number of rotatable bonds is 18. The number of aromatic hydroxyl groups is 1. The van der Waals surface area contributed by atoms with Gasteiger partial charge in [-0.25, -0.2) is 0 Å². The molecule has 1 aromatic carbocycles. The van der Waals surface area contributed by atoms with Crippen LogP contribution in [0.2, 0.25) is 0 Å². The summed E-state index contributed by atoms with van der Waals surface area (Å²) in [6.07, 6.45) is 0.428. The highest BCUT2D eigenvalue weighted by atomic mass is 32.2. The summed E-state index contributed by atoms with van der Waals surface area (Å²) in [6, 6.07) is -3.37. The molecule has 2 fully saturated rings. The average molecular weight is 1220 g/mol. The number of benzene rings is 1. The zero-order valence-electron chi connectivity index (χ0n) is 48.6. The molecule has 0 radical (unpaired) electrons. The van der Waals surface area contributed by atoms with E-state index in [1.165, 1.54) is 36.1 Å². The van der Waals surface area contributed by atoms with Crippen LogP contribution in [0.3, 0.4) is 0 Å². The number of nitrogens with two attached hydrogens (primary N) is 1. The van der Waals surface area contributed by atoms with Crippen LogP contribution in [-0.2, 0) is 81.3 Å². The van der Waals surface area contributed by atoms with Gasteiger partial charge in [0.2, 0.25) is 41.4 Å². The Balaban J connectivity index is 1.27. The Bertz CT molecular complexity index is 3000. The molecule has 2 bridgehead atoms. The van der Waals surface area contributed by atoms with E-state index in [0.29, 0.717) is 69.0 Å². The van der Waals surface area contributed by atoms with E-state index in [9.17, 15) is 78.0 Å². The first-order valence-corrected chi connectivity index (χ1v) is 30.8. The fraction of sp³-hybridized carbons (Fsp3) is 0.621. The van der Waals surface area contributed by atoms with E-state index >= 15 is 4.21 Å². The van der Waals surface area contributed by atoms with Crippen LogP contribution in [0, 0.1) is 29.6 Å². The van der Waals surface area contributed by atoms with Crippen LogP contribution in [-0.4, -0.2) is 203 Å². The number of primary amides is 1. The summed E-state index contributed by atoms with van der Waals surface area (Å²) in [6.45, 7) is 3.36. The quantitative estimate of drug-likeness (QED) is 0.0563. The predicted molar refractivity (Wildman–Crippen MR) is 307 cm³/mol. The van der Waals surface area contributed by atoms with Gasteiger partial charge in [-0.05, 0) is 68.2 Å². The number of likely N-dealkylation sites (tertiary alicyclic amines) is 1. The van der Waals surface area contributed by atoms with Crippen molar-refractivity contribution in [2.75, 3.05) is 51.6 Å². The number of ketones is 3. The van der Waals surface area contributed by atoms with Crippen molar-refractivity contribution in [3.8, 4) is 5.75 Å². The maximum absolute atomic E-state index is 15.4. The zero-order chi connectivity index (χ0) is 62.7. The number of nitrogens with one attached hydrogen (secondary N) is 6. The Labute approximate surface area is 499 Å². The number of aliphatic hydroxyl groups is 3. The number of aromatic nitrogens is 1. The van der Waals surface area contributed by atoms with Gasteiger partial charge >= 0.3 is 0 Å². The fourth-order valence-corrected chi connectivity index (χ4v) is 13.4. The third kappa shape index (κ3) is 16.6. The van der Waals surface area contributed by atoms with Gasteiger partial charge in [0.15, 0.2) is 11.6 Å². The number of Topliss-reactive ketones (excluding diaryl/α,β-unsaturated/α-hetero) is 3. The molecule has 0 spiro atoms. The molecule has 2 saturated heterocycles. The van der Waals surface area contributed by atoms with Crippen molar-refractivity contribution in [1.29, 1.82) is 0 Å². The summed E-state index contributed by atoms with van der Waals surface area (Å²) >= 11 is 0. The monoisotopic (exact) mass is 1220 g/mol. The molecule has 5 aliphatic heterocycles. The lowest BCUT2D eigenvalue weighted by Gasteiger charge is -2.32. The number of imide groups is 1. The lowest BCUT2D eigenvalue weighted by Crippen LogP contribution is -2.56. The molecule has 2 aromatic rings. The Kier molecular flexibility index (Phi) is 23.0. The van der Waals surface area contributed by atoms with Crippen LogP contribution in [0.1, 0.15) is 109 Å². The first-order chi connectivity index (χ1) is 40.9. The van der Waals surface area contributed by atoms with E-state index in [1.54, 1.807) is 13.8 Å². The van der Waals surface area contributed by atoms with Gasteiger partial charge in [-0.15, -0.1) is 0 Å². The highest BCUT2D eigenvalue weighted by Crippen LogP contribution is 2.37. The number of phenolic OH excluding ortho intramolecular Hbond substituents is 1. The minimum Gasteiger partial charge on any atom is -0.508 e. The molecule has 470 valence electrons. The number of phenols is 1. The van der Waals surface area contributed by atoms with Gasteiger partial charge in [0, 0.05) is 99.6 Å². The lowest BCUT2D eigenvalue weighted by atomic mass is 9.85. The van der Waals surface area contributed by atoms with Crippen LogP contribution in [0.25, 0.3) is 10.9 Å². The van der Waals surface area contributed by atoms with Gasteiger partial charge in [0.1, 0.15) is 28.6 Å². The second kappa shape index (κ2) is 29.9. The van der Waals surface area contributed by atoms with Crippen molar-refractivity contribution in [1.82, 2.24) is 46.3 Å². The smallest absolute Gasteiger partial charge is 0.253 e. The fourth-order valence-electron chi connectivity index (χ4n) is 12.0. The molecule has 28 heteroatoms. The molecule has 1 aromatic heterocycles. The molecule has 0 saturated carbocycles. The average Bonchev–Trinajstić information content (AvgIpc) is 2.33. The summed E-state index contributed by atoms with van der Waals surface area (Å²) < 4.78 is 15.4. The Morgan fingerprint density at radius 3 is 2.21 bits per heavy atom. The topological polar surface area (TPSA) is 415 Å². The number of fused-ring (bicyclic) bond motifs is 5. The van der Waals surface area contributed by atoms with Crippen molar-refractivity contribution in [2.24, 2.45) is 35.3 Å². The van der Waals surface area contributed by atoms with Crippen LogP contribution < -0.4 is 32.3 Å². The molecule has 2 unspecified atom stereocenters. The number of H-pyrrole nitrogens is 1. The number of carbonyl (C=O) groups excluding carboxylic acids is 12. The summed E-state index contributed by atoms with van der Waals surface area (Å²) in [4.78, 5) is 172. The minimum absolute atomic E-state index is 0.0813. The Morgan fingerprint density at radius 2 is 1.52 bits per heavy atom. The van der Waals surface area contributed by atoms with E-state index in [4.69, 9.17) is 5.73 Å². The molecular formula is C58H80N10O17S. The summed E-state index contributed by atoms with van der Waals surface area (Å²) in [7, 11) is -2.42. The van der Waals surface area contributed by atoms with Crippen LogP contribution in [0.5, 0.6) is 5.75 Å². The second-order valence-electron chi connectivity index (χ2n) is 23.5. The van der Waals surface area contributed by atoms with Crippen molar-refractivity contribution >= 4 is 92.2 Å². The number of amides is 9. The number of hydrogen-bond donors (Lipinski definition) is 11. The van der Waals surface area contributed by atoms with Crippen molar-refractivity contribution in [3.05, 3.63) is 35.4 Å². The van der Waals surface area contributed by atoms with Crippen LogP contribution in [0.15, 0.2) is 29.3 Å². The predicted octanol–water partition coefficient (Wildman–Crippen LogP) is -2.08. The highest BCUT2D eigenvalue weighted by molar-refractivity contribution is 7.85. The maximum Gasteiger partial charge on any atom is 0.253 e. The molecule has 9 amide bonds. The number of aromatic amines is 1. The summed E-state index contributed by atoms with van der Waals surface area (Å²) in [5.74, 6) is -14.8. The van der Waals surface area contributed by atoms with E-state index in [1.807, 2.05) is 0 Å². The van der Waals surface area contributed by atoms with Crippen molar-refractivity contribution < 1.29 is 82.2 Å². The first-order valence-electron chi connectivity index (χ1n) is 29.4. The maximum atomic E-state index is 15.4. The van der Waals surface area contributed by atoms with Crippen molar-refractivity contribution in [3.63, 3.8) is 0 Å². The number of unbranched alkanes of at least 4 members (excludes halogenated alkanes) is 2. The number of aliphatic hydroxyl groups excluding tert-OH is 3. The van der Waals surface area contributed by atoms with Crippen LogP contribution in [0.4, 0.5) is 0 Å². The summed E-state index contributed by atoms with van der Waals surface area (Å²) in [5.41, 5.74) is 6.33. The molecule has 12 N–H and O–H groups in total. The van der Waals surface area contributed by atoms with Gasteiger partial charge in [0.05, 0.1) is 72.0 Å². The van der Waals surface area contributed by atoms with Gasteiger partial charge < -0.3 is 62.6 Å². The van der Waals surface area contributed by atoms with Crippen molar-refractivity contribution in [2.45, 2.75) is 152 Å². The van der Waals surface area contributed by atoms with Gasteiger partial charge in [-0.3, -0.25) is 71.5 Å². The van der Waals surface area contributed by atoms with E-state index < -0.39 is 188 Å². The SMILES string of the molecule is CC[C@H](C)[C@@H]1NC(=O)CNC(=O)[C@@H]2CC(=O)[C@H]([C@@H](C)[C@@H](O)CO)NC(=O)[C@@H]3C[C@@H](O)CN3C(=O)[C@H](CC(N)=O)CC(=O)[C@H](CS(=O)c3[nH]c4c(CN5CCC(CCC(=O)CCCCCN6C(=O)C=CC6=O)C5)c(O)ccc4c3C2)NC(=O)CNC1=O. The third-order valence-electron chi connectivity index (χ3n) is 17.2. The molecule has 0 aliphatic carbocycles. The standard InChI is InChI=1S/C58H80N10O17S/c1-4-30(2)51-56(83)61-23-47(77)62-40-29-86(85)57-38(37-11-12-42(72)39(53(37)65-57)27-66-17-15-32(25-66)9-10-35(70)8-6-5-7-16-67-49(79)13-14-50(67)80)18-33(54(81)60-24-48(78)63-51)19-44(74)52(31(3)45(75)28-69)64-55(82)41-22-36(71)26-68(41)58(84)34(20-43(40)73)21-46(59)76/h11-14,30-34,36,40-41,45,51-52,65,69,71-72,75H,4-10,15-29H2,1-3H3,(H2,59,76)(H,60,81)(H,61,83)(H,62,77)(H,63,78)(H,64,82)/t30-,31-,32?,33-,34-,36+,40-,41-,45-,51-,52-,86?/m0/s1. The van der Waals surface area contributed by atoms with E-state index in [0.717, 1.165) is 11.3 Å². The third-order valence-corrected chi connectivity index (χ3v) is 18.7. The minimum atomic E-state index is -2.42. The Morgan fingerprint density at radius 1 is 0.826 bits per heavy atom. The van der Waals surface area contributed by atoms with Gasteiger partial charge in [-0.1, -0.05) is 33.6 Å². The Hall–Kier alpha value is -7.27. The molecule has 7 rings (SSSR count). The lowest BCUT2D eigenvalue weighted by molar-refractivity contribution is -0.145. The normalized spacial score (nSPS) is 27.3. The largest absolute Gasteiger partial charge is 0.508 e. The molecule has 6 heterocycles. The second-order valence-corrected chi connectivity index (χ2v) is 24.9. The first kappa shape index (κ1) is 66.3. The van der Waals surface area contributed by atoms with Crippen LogP contribution >= 0.6 is 0 Å². The number of nitrogens with zero attached hydrogens (tertiary/aromatic N) is 3. The molecular weight excluding hydrogens is 1140 g/mol. The molecule has 27 nitrogen and oxygen atoms in total. The van der Waals surface area contributed by atoms with E-state index in [-0.39, 0.29) is 58.5 Å². The summed E-state index contributed by atoms with van der Waals surface area (Å²) in [5, 5.41) is 56.5. The zero-order valence-corrected chi connectivity index (χ0v) is 49.5. The number of carbonyl (C=O) groups is 12. The van der Waals surface area contributed by atoms with Gasteiger partial charge in [-0.2, -0.15) is 0 Å². The number of hydrogen-bond acceptors (Lipinski definition) is 18. The van der Waals surface area contributed by atoms with E-state index in [2.05, 4.69) is 36.5 Å².